The second kappa shape index (κ2) is 6.16. The Labute approximate surface area is 140 Å². The van der Waals surface area contributed by atoms with E-state index < -0.39 is 11.4 Å². The first-order valence-electron chi connectivity index (χ1n) is 7.68. The van der Waals surface area contributed by atoms with E-state index in [4.69, 9.17) is 5.73 Å². The number of carbonyl (C=O) groups is 2. The molecule has 0 aromatic heterocycles. The molecule has 120 valence electrons. The van der Waals surface area contributed by atoms with E-state index in [9.17, 15) is 9.59 Å². The van der Waals surface area contributed by atoms with Gasteiger partial charge in [0.1, 0.15) is 5.54 Å². The predicted molar refractivity (Wildman–Crippen MR) is 94.4 cm³/mol. The number of hydrogen-bond acceptors (Lipinski definition) is 2. The summed E-state index contributed by atoms with van der Waals surface area (Å²) in [7, 11) is 0. The van der Waals surface area contributed by atoms with Crippen molar-refractivity contribution in [3.63, 3.8) is 0 Å². The Hall–Kier alpha value is -3.14. The maximum Gasteiger partial charge on any atom is 0.253 e. The van der Waals surface area contributed by atoms with Crippen molar-refractivity contribution >= 4 is 22.6 Å². The molecular weight excluding hydrogens is 300 g/mol. The Kier molecular flexibility index (Phi) is 4.04. The van der Waals surface area contributed by atoms with Crippen molar-refractivity contribution < 1.29 is 9.59 Å². The van der Waals surface area contributed by atoms with Crippen LogP contribution in [-0.2, 0) is 10.3 Å². The van der Waals surface area contributed by atoms with E-state index in [0.717, 1.165) is 10.8 Å². The maximum atomic E-state index is 12.8. The van der Waals surface area contributed by atoms with Crippen molar-refractivity contribution in [3.05, 3.63) is 83.9 Å². The molecule has 4 nitrogen and oxygen atoms in total. The molecule has 0 spiro atoms. The number of hydrogen-bond donors (Lipinski definition) is 2. The molecule has 3 N–H and O–H groups in total. The standard InChI is InChI=1S/C20H18N2O2/c1-20(19(21)24,15-10-3-2-4-11-15)22-18(23)17-13-7-9-14-8-5-6-12-16(14)17/h2-13H,1H3,(H2,21,24)(H,22,23)/t20-/m0/s1. The van der Waals surface area contributed by atoms with Gasteiger partial charge in [-0.3, -0.25) is 9.59 Å². The third-order valence-corrected chi connectivity index (χ3v) is 4.24. The average molecular weight is 318 g/mol. The molecule has 0 saturated carbocycles. The maximum absolute atomic E-state index is 12.8. The smallest absolute Gasteiger partial charge is 0.253 e. The van der Waals surface area contributed by atoms with Crippen LogP contribution in [0.15, 0.2) is 72.8 Å². The van der Waals surface area contributed by atoms with E-state index in [-0.39, 0.29) is 5.91 Å². The van der Waals surface area contributed by atoms with Gasteiger partial charge in [0.15, 0.2) is 0 Å². The number of amides is 2. The van der Waals surface area contributed by atoms with Gasteiger partial charge in [-0.1, -0.05) is 66.7 Å². The molecule has 0 aliphatic carbocycles. The lowest BCUT2D eigenvalue weighted by Crippen LogP contribution is -2.52. The molecule has 0 fully saturated rings. The molecule has 3 aromatic rings. The summed E-state index contributed by atoms with van der Waals surface area (Å²) in [5, 5.41) is 4.60. The monoisotopic (exact) mass is 318 g/mol. The average Bonchev–Trinajstić information content (AvgIpc) is 2.61. The SMILES string of the molecule is C[C@@](NC(=O)c1cccc2ccccc12)(C(N)=O)c1ccccc1. The molecule has 3 aromatic carbocycles. The zero-order valence-electron chi connectivity index (χ0n) is 13.3. The highest BCUT2D eigenvalue weighted by molar-refractivity contribution is 6.08. The first-order valence-corrected chi connectivity index (χ1v) is 7.68. The van der Waals surface area contributed by atoms with Gasteiger partial charge in [0.25, 0.3) is 5.91 Å². The summed E-state index contributed by atoms with van der Waals surface area (Å²) in [6.45, 7) is 1.62. The molecule has 1 atom stereocenters. The Balaban J connectivity index is 2.02. The number of benzene rings is 3. The fourth-order valence-electron chi connectivity index (χ4n) is 2.77. The van der Waals surface area contributed by atoms with Gasteiger partial charge in [0, 0.05) is 5.56 Å². The molecule has 0 radical (unpaired) electrons. The number of fused-ring (bicyclic) bond motifs is 1. The zero-order valence-corrected chi connectivity index (χ0v) is 13.3. The lowest BCUT2D eigenvalue weighted by atomic mass is 9.90. The van der Waals surface area contributed by atoms with Crippen molar-refractivity contribution in [2.75, 3.05) is 0 Å². The summed E-state index contributed by atoms with van der Waals surface area (Å²) in [5.41, 5.74) is 5.46. The van der Waals surface area contributed by atoms with Gasteiger partial charge >= 0.3 is 0 Å². The first-order chi connectivity index (χ1) is 11.5. The summed E-state index contributed by atoms with van der Waals surface area (Å²) in [6.07, 6.45) is 0. The van der Waals surface area contributed by atoms with Crippen molar-refractivity contribution in [1.29, 1.82) is 0 Å². The zero-order chi connectivity index (χ0) is 17.2. The van der Waals surface area contributed by atoms with Gasteiger partial charge in [0.05, 0.1) is 0 Å². The van der Waals surface area contributed by atoms with Crippen LogP contribution in [0, 0.1) is 0 Å². The first kappa shape index (κ1) is 15.7. The van der Waals surface area contributed by atoms with Crippen molar-refractivity contribution in [1.82, 2.24) is 5.32 Å². The van der Waals surface area contributed by atoms with Gasteiger partial charge in [0.2, 0.25) is 5.91 Å². The quantitative estimate of drug-likeness (QED) is 0.776. The third-order valence-electron chi connectivity index (χ3n) is 4.24. The van der Waals surface area contributed by atoms with Crippen LogP contribution in [0.3, 0.4) is 0 Å². The predicted octanol–water partition coefficient (Wildman–Crippen LogP) is 2.97. The number of primary amides is 1. The van der Waals surface area contributed by atoms with Crippen LogP contribution in [0.5, 0.6) is 0 Å². The fourth-order valence-corrected chi connectivity index (χ4v) is 2.77. The summed E-state index contributed by atoms with van der Waals surface area (Å²) in [6, 6.07) is 22.1. The summed E-state index contributed by atoms with van der Waals surface area (Å²) < 4.78 is 0. The van der Waals surface area contributed by atoms with Crippen LogP contribution >= 0.6 is 0 Å². The highest BCUT2D eigenvalue weighted by Gasteiger charge is 2.35. The molecule has 0 bridgehead atoms. The van der Waals surface area contributed by atoms with E-state index in [2.05, 4.69) is 5.32 Å². The van der Waals surface area contributed by atoms with Crippen LogP contribution in [-0.4, -0.2) is 11.8 Å². The van der Waals surface area contributed by atoms with Crippen LogP contribution in [0.25, 0.3) is 10.8 Å². The van der Waals surface area contributed by atoms with E-state index in [1.807, 2.05) is 42.5 Å². The highest BCUT2D eigenvalue weighted by Crippen LogP contribution is 2.23. The molecule has 0 unspecified atom stereocenters. The Bertz CT molecular complexity index is 900. The largest absolute Gasteiger partial charge is 0.367 e. The minimum atomic E-state index is -1.28. The molecule has 0 heterocycles. The second-order valence-corrected chi connectivity index (χ2v) is 5.84. The molecule has 3 rings (SSSR count). The van der Waals surface area contributed by atoms with Crippen LogP contribution < -0.4 is 11.1 Å². The molecular formula is C20H18N2O2. The van der Waals surface area contributed by atoms with Crippen molar-refractivity contribution in [2.45, 2.75) is 12.5 Å². The Morgan fingerprint density at radius 1 is 0.875 bits per heavy atom. The van der Waals surface area contributed by atoms with Gasteiger partial charge in [-0.05, 0) is 29.3 Å². The molecule has 2 amide bonds. The fraction of sp³-hybridized carbons (Fsp3) is 0.100. The molecule has 0 aliphatic rings. The minimum Gasteiger partial charge on any atom is -0.367 e. The van der Waals surface area contributed by atoms with Gasteiger partial charge in [-0.2, -0.15) is 0 Å². The van der Waals surface area contributed by atoms with Gasteiger partial charge in [-0.25, -0.2) is 0 Å². The molecule has 0 aliphatic heterocycles. The molecule has 4 heteroatoms. The van der Waals surface area contributed by atoms with Gasteiger partial charge < -0.3 is 11.1 Å². The minimum absolute atomic E-state index is 0.336. The second-order valence-electron chi connectivity index (χ2n) is 5.84. The lowest BCUT2D eigenvalue weighted by molar-refractivity contribution is -0.123. The number of nitrogens with two attached hydrogens (primary N) is 1. The summed E-state index contributed by atoms with van der Waals surface area (Å²) >= 11 is 0. The number of carbonyl (C=O) groups excluding carboxylic acids is 2. The van der Waals surface area contributed by atoms with Crippen LogP contribution in [0.2, 0.25) is 0 Å². The molecule has 24 heavy (non-hydrogen) atoms. The van der Waals surface area contributed by atoms with Crippen molar-refractivity contribution in [3.8, 4) is 0 Å². The topological polar surface area (TPSA) is 72.2 Å². The van der Waals surface area contributed by atoms with Crippen LogP contribution in [0.1, 0.15) is 22.8 Å². The van der Waals surface area contributed by atoms with E-state index >= 15 is 0 Å². The third kappa shape index (κ3) is 2.74. The number of nitrogens with one attached hydrogen (secondary N) is 1. The summed E-state index contributed by atoms with van der Waals surface area (Å²) in [4.78, 5) is 24.9. The lowest BCUT2D eigenvalue weighted by Gasteiger charge is -2.28. The normalized spacial score (nSPS) is 13.2. The number of rotatable bonds is 4. The Morgan fingerprint density at radius 3 is 2.21 bits per heavy atom. The highest BCUT2D eigenvalue weighted by atomic mass is 16.2. The van der Waals surface area contributed by atoms with Crippen molar-refractivity contribution in [2.24, 2.45) is 5.73 Å². The van der Waals surface area contributed by atoms with E-state index in [1.165, 1.54) is 0 Å². The van der Waals surface area contributed by atoms with Gasteiger partial charge in [-0.15, -0.1) is 0 Å². The van der Waals surface area contributed by atoms with Crippen LogP contribution in [0.4, 0.5) is 0 Å². The summed E-state index contributed by atoms with van der Waals surface area (Å²) in [5.74, 6) is -0.945. The van der Waals surface area contributed by atoms with E-state index in [0.29, 0.717) is 11.1 Å². The molecule has 0 saturated heterocycles. The van der Waals surface area contributed by atoms with E-state index in [1.54, 1.807) is 37.3 Å². The Morgan fingerprint density at radius 2 is 1.50 bits per heavy atom.